The summed E-state index contributed by atoms with van der Waals surface area (Å²) < 4.78 is 0. The molecule has 1 amide bonds. The molecule has 1 aliphatic heterocycles. The van der Waals surface area contributed by atoms with E-state index >= 15 is 0 Å². The van der Waals surface area contributed by atoms with Gasteiger partial charge in [0.15, 0.2) is 0 Å². The van der Waals surface area contributed by atoms with Crippen molar-refractivity contribution in [1.29, 1.82) is 5.26 Å². The second-order valence-electron chi connectivity index (χ2n) is 7.85. The number of hydrogen-bond donors (Lipinski definition) is 3. The van der Waals surface area contributed by atoms with E-state index < -0.39 is 6.04 Å². The van der Waals surface area contributed by atoms with Crippen molar-refractivity contribution in [3.63, 3.8) is 0 Å². The first-order valence-electron chi connectivity index (χ1n) is 10.8. The summed E-state index contributed by atoms with van der Waals surface area (Å²) in [5, 5.41) is 17.2. The first kappa shape index (κ1) is 22.2. The molecular weight excluding hydrogens is 412 g/mol. The maximum Gasteiger partial charge on any atom is 0.247 e. The van der Waals surface area contributed by atoms with Crippen LogP contribution >= 0.6 is 0 Å². The summed E-state index contributed by atoms with van der Waals surface area (Å²) in [6.07, 6.45) is 2.73. The Hall–Kier alpha value is -3.99. The summed E-state index contributed by atoms with van der Waals surface area (Å²) in [5.74, 6) is 0.351. The number of amides is 1. The van der Waals surface area contributed by atoms with Crippen LogP contribution in [0.25, 0.3) is 5.57 Å². The summed E-state index contributed by atoms with van der Waals surface area (Å²) >= 11 is 0. The average Bonchev–Trinajstić information content (AvgIpc) is 3.29. The standard InChI is InChI=1S/C26H26N6O/c1-32-18-22(17-29-32)23-8-5-9-24(30-23)31-26(33)25(21-6-3-2-4-7-21)28-15-14-19-10-12-20(16-27)13-11-19/h2-13,18,25,28-29H,14-15,17H2,1H3,(H,30,31,33). The quantitative estimate of drug-likeness (QED) is 0.500. The fraction of sp³-hybridized carbons (Fsp3) is 0.192. The lowest BCUT2D eigenvalue weighted by Crippen LogP contribution is -2.34. The van der Waals surface area contributed by atoms with Gasteiger partial charge < -0.3 is 15.6 Å². The van der Waals surface area contributed by atoms with E-state index in [0.717, 1.165) is 28.8 Å². The molecule has 0 saturated carbocycles. The molecule has 166 valence electrons. The molecule has 7 nitrogen and oxygen atoms in total. The maximum absolute atomic E-state index is 13.2. The molecule has 3 N–H and O–H groups in total. The van der Waals surface area contributed by atoms with Crippen molar-refractivity contribution in [3.05, 3.63) is 101 Å². The van der Waals surface area contributed by atoms with Gasteiger partial charge in [0, 0.05) is 31.9 Å². The number of rotatable bonds is 8. The van der Waals surface area contributed by atoms with Gasteiger partial charge in [-0.25, -0.2) is 10.4 Å². The second-order valence-corrected chi connectivity index (χ2v) is 7.85. The number of benzene rings is 2. The zero-order valence-corrected chi connectivity index (χ0v) is 18.5. The first-order valence-corrected chi connectivity index (χ1v) is 10.8. The molecule has 0 radical (unpaired) electrons. The highest BCUT2D eigenvalue weighted by molar-refractivity contribution is 5.95. The molecule has 7 heteroatoms. The molecule has 4 rings (SSSR count). The van der Waals surface area contributed by atoms with Gasteiger partial charge in [0.1, 0.15) is 11.9 Å². The van der Waals surface area contributed by atoms with Crippen LogP contribution < -0.4 is 16.1 Å². The fourth-order valence-corrected chi connectivity index (χ4v) is 3.69. The lowest BCUT2D eigenvalue weighted by molar-refractivity contribution is -0.118. The number of hydrogen-bond acceptors (Lipinski definition) is 6. The van der Waals surface area contributed by atoms with E-state index in [0.29, 0.717) is 24.5 Å². The topological polar surface area (TPSA) is 93.1 Å². The van der Waals surface area contributed by atoms with Crippen LogP contribution in [0.2, 0.25) is 0 Å². The van der Waals surface area contributed by atoms with Crippen LogP contribution in [0.15, 0.2) is 79.0 Å². The van der Waals surface area contributed by atoms with Crippen molar-refractivity contribution in [2.75, 3.05) is 25.5 Å². The van der Waals surface area contributed by atoms with Crippen molar-refractivity contribution in [1.82, 2.24) is 20.7 Å². The summed E-state index contributed by atoms with van der Waals surface area (Å²) in [4.78, 5) is 17.9. The number of hydrazine groups is 1. The highest BCUT2D eigenvalue weighted by atomic mass is 16.2. The number of pyridine rings is 1. The lowest BCUT2D eigenvalue weighted by Gasteiger charge is -2.19. The predicted octanol–water partition coefficient (Wildman–Crippen LogP) is 3.26. The molecule has 2 heterocycles. The van der Waals surface area contributed by atoms with E-state index in [4.69, 9.17) is 5.26 Å². The van der Waals surface area contributed by atoms with Gasteiger partial charge in [0.05, 0.1) is 17.3 Å². The molecule has 0 saturated heterocycles. The smallest absolute Gasteiger partial charge is 0.247 e. The van der Waals surface area contributed by atoms with Crippen LogP contribution in [-0.2, 0) is 11.2 Å². The summed E-state index contributed by atoms with van der Waals surface area (Å²) in [6.45, 7) is 1.31. The van der Waals surface area contributed by atoms with Crippen molar-refractivity contribution < 1.29 is 4.79 Å². The Kier molecular flexibility index (Phi) is 7.10. The van der Waals surface area contributed by atoms with Gasteiger partial charge in [-0.15, -0.1) is 0 Å². The minimum absolute atomic E-state index is 0.165. The third-order valence-corrected chi connectivity index (χ3v) is 5.44. The molecule has 0 aliphatic carbocycles. The molecule has 0 bridgehead atoms. The Labute approximate surface area is 193 Å². The third-order valence-electron chi connectivity index (χ3n) is 5.44. The molecule has 1 unspecified atom stereocenters. The number of nitrogens with one attached hydrogen (secondary N) is 3. The van der Waals surface area contributed by atoms with Gasteiger partial charge in [0.25, 0.3) is 0 Å². The number of anilines is 1. The van der Waals surface area contributed by atoms with E-state index in [9.17, 15) is 4.79 Å². The van der Waals surface area contributed by atoms with E-state index in [1.165, 1.54) is 0 Å². The zero-order chi connectivity index (χ0) is 23.0. The van der Waals surface area contributed by atoms with Gasteiger partial charge >= 0.3 is 0 Å². The zero-order valence-electron chi connectivity index (χ0n) is 18.5. The minimum atomic E-state index is -0.520. The van der Waals surface area contributed by atoms with Crippen LogP contribution in [-0.4, -0.2) is 36.0 Å². The minimum Gasteiger partial charge on any atom is -0.318 e. The Morgan fingerprint density at radius 3 is 2.61 bits per heavy atom. The molecule has 1 aliphatic rings. The Bertz CT molecular complexity index is 1170. The highest BCUT2D eigenvalue weighted by Crippen LogP contribution is 2.19. The van der Waals surface area contributed by atoms with Crippen LogP contribution in [0.4, 0.5) is 5.82 Å². The molecule has 3 aromatic rings. The SMILES string of the molecule is CN1C=C(c2cccc(NC(=O)C(NCCc3ccc(C#N)cc3)c3ccccc3)n2)CN1. The van der Waals surface area contributed by atoms with E-state index in [1.807, 2.05) is 85.0 Å². The third kappa shape index (κ3) is 5.83. The molecule has 0 spiro atoms. The predicted molar refractivity (Wildman–Crippen MR) is 129 cm³/mol. The molecule has 1 atom stereocenters. The summed E-state index contributed by atoms with van der Waals surface area (Å²) in [6, 6.07) is 24.4. The van der Waals surface area contributed by atoms with Crippen LogP contribution in [0.5, 0.6) is 0 Å². The average molecular weight is 439 g/mol. The number of carbonyl (C=O) groups excluding carboxylic acids is 1. The van der Waals surface area contributed by atoms with Gasteiger partial charge in [-0.05, 0) is 41.8 Å². The van der Waals surface area contributed by atoms with Crippen LogP contribution in [0.1, 0.15) is 28.4 Å². The molecular formula is C26H26N6O. The summed E-state index contributed by atoms with van der Waals surface area (Å²) in [7, 11) is 1.94. The van der Waals surface area contributed by atoms with Gasteiger partial charge in [-0.2, -0.15) is 5.26 Å². The van der Waals surface area contributed by atoms with E-state index in [2.05, 4.69) is 27.1 Å². The van der Waals surface area contributed by atoms with Crippen molar-refractivity contribution in [2.24, 2.45) is 0 Å². The second kappa shape index (κ2) is 10.6. The van der Waals surface area contributed by atoms with Crippen molar-refractivity contribution in [2.45, 2.75) is 12.5 Å². The normalized spacial score (nSPS) is 13.8. The van der Waals surface area contributed by atoms with Crippen molar-refractivity contribution >= 4 is 17.3 Å². The first-order chi connectivity index (χ1) is 16.1. The van der Waals surface area contributed by atoms with E-state index in [-0.39, 0.29) is 5.91 Å². The highest BCUT2D eigenvalue weighted by Gasteiger charge is 2.21. The Balaban J connectivity index is 1.45. The lowest BCUT2D eigenvalue weighted by atomic mass is 10.0. The molecule has 0 fully saturated rings. The van der Waals surface area contributed by atoms with Gasteiger partial charge in [0.2, 0.25) is 5.91 Å². The Morgan fingerprint density at radius 1 is 1.12 bits per heavy atom. The Morgan fingerprint density at radius 2 is 1.91 bits per heavy atom. The molecule has 1 aromatic heterocycles. The number of nitrogens with zero attached hydrogens (tertiary/aromatic N) is 3. The van der Waals surface area contributed by atoms with Gasteiger partial charge in [-0.1, -0.05) is 48.5 Å². The number of aromatic nitrogens is 1. The number of carbonyl (C=O) groups is 1. The number of nitriles is 1. The van der Waals surface area contributed by atoms with Crippen LogP contribution in [0, 0.1) is 11.3 Å². The summed E-state index contributed by atoms with van der Waals surface area (Å²) in [5.41, 5.74) is 7.72. The largest absolute Gasteiger partial charge is 0.318 e. The fourth-order valence-electron chi connectivity index (χ4n) is 3.69. The van der Waals surface area contributed by atoms with Crippen molar-refractivity contribution in [3.8, 4) is 6.07 Å². The molecule has 2 aromatic carbocycles. The maximum atomic E-state index is 13.2. The van der Waals surface area contributed by atoms with Gasteiger partial charge in [-0.3, -0.25) is 4.79 Å². The van der Waals surface area contributed by atoms with Crippen LogP contribution in [0.3, 0.4) is 0 Å². The van der Waals surface area contributed by atoms with E-state index in [1.54, 1.807) is 6.07 Å². The molecule has 33 heavy (non-hydrogen) atoms. The monoisotopic (exact) mass is 438 g/mol.